The molecule has 5 nitrogen and oxygen atoms in total. The van der Waals surface area contributed by atoms with Crippen molar-refractivity contribution in [2.75, 3.05) is 13.7 Å². The molecule has 0 saturated carbocycles. The van der Waals surface area contributed by atoms with Crippen molar-refractivity contribution in [2.24, 2.45) is 5.92 Å². The van der Waals surface area contributed by atoms with Gasteiger partial charge in [-0.1, -0.05) is 0 Å². The second kappa shape index (κ2) is 6.18. The number of carbonyl (C=O) groups is 2. The fourth-order valence-corrected chi connectivity index (χ4v) is 3.28. The second-order valence-electron chi connectivity index (χ2n) is 6.95. The van der Waals surface area contributed by atoms with Crippen LogP contribution in [0.3, 0.4) is 0 Å². The molecule has 1 aliphatic rings. The predicted octanol–water partition coefficient (Wildman–Crippen LogP) is 2.46. The highest BCUT2D eigenvalue weighted by molar-refractivity contribution is 5.96. The molecule has 0 amide bonds. The van der Waals surface area contributed by atoms with E-state index in [1.165, 1.54) is 0 Å². The molecule has 0 aromatic heterocycles. The van der Waals surface area contributed by atoms with Gasteiger partial charge in [-0.3, -0.25) is 4.90 Å². The van der Waals surface area contributed by atoms with E-state index in [0.29, 0.717) is 0 Å². The number of carboxylic acids is 1. The highest BCUT2D eigenvalue weighted by Crippen LogP contribution is 2.43. The number of ether oxygens (including phenoxy) is 1. The summed E-state index contributed by atoms with van der Waals surface area (Å²) < 4.78 is 5.04. The minimum absolute atomic E-state index is 0.110. The molecule has 0 aromatic rings. The molecule has 5 heteroatoms. The van der Waals surface area contributed by atoms with Crippen LogP contribution in [0.4, 0.5) is 0 Å². The van der Waals surface area contributed by atoms with Crippen molar-refractivity contribution < 1.29 is 19.4 Å². The molecular formula is C16H27NO4. The lowest BCUT2D eigenvalue weighted by Crippen LogP contribution is -2.59. The van der Waals surface area contributed by atoms with Crippen LogP contribution in [0.2, 0.25) is 0 Å². The van der Waals surface area contributed by atoms with E-state index in [2.05, 4.69) is 39.6 Å². The van der Waals surface area contributed by atoms with Gasteiger partial charge in [0.2, 0.25) is 0 Å². The standard InChI is InChI=1S/C16H27NO4/c1-7-21-14(20)12(8-13(18)19)11-9-15(2,3)17(6)16(4,5)10-11/h8,11H,7,9-10H2,1-6H3,(H,18,19)/b12-8-. The molecule has 0 bridgehead atoms. The maximum Gasteiger partial charge on any atom is 0.334 e. The van der Waals surface area contributed by atoms with Crippen LogP contribution in [0.15, 0.2) is 11.6 Å². The van der Waals surface area contributed by atoms with Gasteiger partial charge in [0, 0.05) is 22.7 Å². The van der Waals surface area contributed by atoms with Crippen molar-refractivity contribution in [3.8, 4) is 0 Å². The van der Waals surface area contributed by atoms with Crippen molar-refractivity contribution in [1.29, 1.82) is 0 Å². The molecule has 1 fully saturated rings. The Bertz CT molecular complexity index is 433. The molecule has 120 valence electrons. The van der Waals surface area contributed by atoms with Gasteiger partial charge in [-0.05, 0) is 60.4 Å². The molecule has 0 radical (unpaired) electrons. The van der Waals surface area contributed by atoms with E-state index >= 15 is 0 Å². The summed E-state index contributed by atoms with van der Waals surface area (Å²) >= 11 is 0. The lowest BCUT2D eigenvalue weighted by Gasteiger charge is -2.53. The Morgan fingerprint density at radius 2 is 1.71 bits per heavy atom. The molecule has 0 atom stereocenters. The summed E-state index contributed by atoms with van der Waals surface area (Å²) in [5.41, 5.74) is 0.0473. The number of carbonyl (C=O) groups excluding carboxylic acids is 1. The molecule has 21 heavy (non-hydrogen) atoms. The number of hydrogen-bond acceptors (Lipinski definition) is 4. The maximum absolute atomic E-state index is 12.1. The van der Waals surface area contributed by atoms with Crippen molar-refractivity contribution in [2.45, 2.75) is 58.5 Å². The average molecular weight is 297 g/mol. The summed E-state index contributed by atoms with van der Waals surface area (Å²) in [6, 6.07) is 0. The van der Waals surface area contributed by atoms with Crippen LogP contribution >= 0.6 is 0 Å². The molecule has 1 heterocycles. The smallest absolute Gasteiger partial charge is 0.334 e. The molecule has 0 aliphatic carbocycles. The largest absolute Gasteiger partial charge is 0.478 e. The first-order valence-corrected chi connectivity index (χ1v) is 7.37. The lowest BCUT2D eigenvalue weighted by molar-refractivity contribution is -0.141. The van der Waals surface area contributed by atoms with Gasteiger partial charge in [0.25, 0.3) is 0 Å². The van der Waals surface area contributed by atoms with E-state index < -0.39 is 11.9 Å². The number of piperidine rings is 1. The van der Waals surface area contributed by atoms with E-state index in [1.807, 2.05) is 0 Å². The minimum Gasteiger partial charge on any atom is -0.478 e. The molecule has 1 saturated heterocycles. The van der Waals surface area contributed by atoms with Gasteiger partial charge in [-0.15, -0.1) is 0 Å². The average Bonchev–Trinajstić information content (AvgIpc) is 2.32. The van der Waals surface area contributed by atoms with E-state index in [4.69, 9.17) is 9.84 Å². The molecule has 0 aromatic carbocycles. The lowest BCUT2D eigenvalue weighted by atomic mass is 9.71. The fourth-order valence-electron chi connectivity index (χ4n) is 3.28. The topological polar surface area (TPSA) is 66.8 Å². The quantitative estimate of drug-likeness (QED) is 0.638. The summed E-state index contributed by atoms with van der Waals surface area (Å²) in [6.07, 6.45) is 2.47. The molecule has 0 spiro atoms. The van der Waals surface area contributed by atoms with Crippen LogP contribution in [-0.2, 0) is 14.3 Å². The normalized spacial score (nSPS) is 22.9. The van der Waals surface area contributed by atoms with Crippen molar-refractivity contribution in [3.05, 3.63) is 11.6 Å². The van der Waals surface area contributed by atoms with Gasteiger partial charge in [-0.25, -0.2) is 9.59 Å². The summed E-state index contributed by atoms with van der Waals surface area (Å²) in [4.78, 5) is 25.5. The third-order valence-corrected chi connectivity index (χ3v) is 4.54. The molecule has 0 unspecified atom stereocenters. The molecule has 1 N–H and O–H groups in total. The number of carboxylic acid groups (broad SMARTS) is 1. The highest BCUT2D eigenvalue weighted by atomic mass is 16.5. The van der Waals surface area contributed by atoms with Crippen molar-refractivity contribution in [1.82, 2.24) is 4.90 Å². The van der Waals surface area contributed by atoms with E-state index in [9.17, 15) is 9.59 Å². The van der Waals surface area contributed by atoms with Gasteiger partial charge in [0.15, 0.2) is 0 Å². The monoisotopic (exact) mass is 297 g/mol. The number of hydrogen-bond donors (Lipinski definition) is 1. The van der Waals surface area contributed by atoms with Crippen LogP contribution in [0, 0.1) is 5.92 Å². The Kier molecular flexibility index (Phi) is 5.20. The summed E-state index contributed by atoms with van der Waals surface area (Å²) in [5, 5.41) is 9.05. The summed E-state index contributed by atoms with van der Waals surface area (Å²) in [6.45, 7) is 10.4. The zero-order valence-corrected chi connectivity index (χ0v) is 13.9. The fraction of sp³-hybridized carbons (Fsp3) is 0.750. The Hall–Kier alpha value is -1.36. The van der Waals surface area contributed by atoms with E-state index in [1.54, 1.807) is 6.92 Å². The summed E-state index contributed by atoms with van der Waals surface area (Å²) in [7, 11) is 2.07. The Balaban J connectivity index is 3.15. The SMILES string of the molecule is CCOC(=O)/C(=C\C(=O)O)C1CC(C)(C)N(C)C(C)(C)C1. The zero-order chi connectivity index (χ0) is 16.4. The number of rotatable bonds is 4. The Morgan fingerprint density at radius 1 is 1.24 bits per heavy atom. The third kappa shape index (κ3) is 4.06. The van der Waals surface area contributed by atoms with Gasteiger partial charge in [-0.2, -0.15) is 0 Å². The van der Waals surface area contributed by atoms with Crippen LogP contribution in [-0.4, -0.2) is 46.7 Å². The van der Waals surface area contributed by atoms with E-state index in [0.717, 1.165) is 18.9 Å². The van der Waals surface area contributed by atoms with Crippen molar-refractivity contribution in [3.63, 3.8) is 0 Å². The van der Waals surface area contributed by atoms with Crippen LogP contribution in [0.1, 0.15) is 47.5 Å². The second-order valence-corrected chi connectivity index (χ2v) is 6.95. The molecule has 1 aliphatic heterocycles. The number of nitrogens with zero attached hydrogens (tertiary/aromatic N) is 1. The zero-order valence-electron chi connectivity index (χ0n) is 13.9. The first kappa shape index (κ1) is 17.7. The number of likely N-dealkylation sites (tertiary alicyclic amines) is 1. The van der Waals surface area contributed by atoms with Gasteiger partial charge < -0.3 is 9.84 Å². The highest BCUT2D eigenvalue weighted by Gasteiger charge is 2.45. The van der Waals surface area contributed by atoms with Gasteiger partial charge >= 0.3 is 11.9 Å². The Labute approximate surface area is 127 Å². The van der Waals surface area contributed by atoms with Crippen LogP contribution < -0.4 is 0 Å². The number of esters is 1. The first-order chi connectivity index (χ1) is 9.51. The first-order valence-electron chi connectivity index (χ1n) is 7.37. The predicted molar refractivity (Wildman–Crippen MR) is 81.0 cm³/mol. The van der Waals surface area contributed by atoms with Crippen LogP contribution in [0.25, 0.3) is 0 Å². The van der Waals surface area contributed by atoms with E-state index in [-0.39, 0.29) is 29.2 Å². The Morgan fingerprint density at radius 3 is 2.10 bits per heavy atom. The van der Waals surface area contributed by atoms with Gasteiger partial charge in [0.1, 0.15) is 0 Å². The minimum atomic E-state index is -1.10. The maximum atomic E-state index is 12.1. The van der Waals surface area contributed by atoms with Gasteiger partial charge in [0.05, 0.1) is 6.61 Å². The van der Waals surface area contributed by atoms with Crippen LogP contribution in [0.5, 0.6) is 0 Å². The number of aliphatic carboxylic acids is 1. The van der Waals surface area contributed by atoms with Crippen molar-refractivity contribution >= 4 is 11.9 Å². The third-order valence-electron chi connectivity index (χ3n) is 4.54. The molecule has 1 rings (SSSR count). The molecular weight excluding hydrogens is 270 g/mol. The summed E-state index contributed by atoms with van der Waals surface area (Å²) in [5.74, 6) is -1.73.